The minimum Gasteiger partial charge on any atom is -0.395 e. The highest BCUT2D eigenvalue weighted by Crippen LogP contribution is 2.13. The molecule has 1 unspecified atom stereocenters. The fourth-order valence-corrected chi connectivity index (χ4v) is 1.80. The number of nitrogens with two attached hydrogens (primary N) is 1. The molecule has 0 aliphatic rings. The molecule has 0 spiro atoms. The highest BCUT2D eigenvalue weighted by atomic mass is 79.9. The lowest BCUT2D eigenvalue weighted by Gasteiger charge is -2.07. The van der Waals surface area contributed by atoms with Crippen LogP contribution in [0.2, 0.25) is 0 Å². The van der Waals surface area contributed by atoms with Crippen LogP contribution in [0.5, 0.6) is 0 Å². The van der Waals surface area contributed by atoms with E-state index < -0.39 is 0 Å². The smallest absolute Gasteiger partial charge is 0.0582 e. The van der Waals surface area contributed by atoms with E-state index in [1.165, 1.54) is 5.56 Å². The molecule has 3 heteroatoms. The summed E-state index contributed by atoms with van der Waals surface area (Å²) >= 11 is 3.43. The van der Waals surface area contributed by atoms with Gasteiger partial charge in [0.2, 0.25) is 0 Å². The van der Waals surface area contributed by atoms with Crippen LogP contribution in [0.3, 0.4) is 0 Å². The van der Waals surface area contributed by atoms with Crippen LogP contribution in [0.4, 0.5) is 0 Å². The first kappa shape index (κ1) is 11.7. The van der Waals surface area contributed by atoms with Gasteiger partial charge >= 0.3 is 0 Å². The monoisotopic (exact) mass is 257 g/mol. The predicted octanol–water partition coefficient (Wildman–Crippen LogP) is 2.09. The van der Waals surface area contributed by atoms with Crippen LogP contribution < -0.4 is 5.73 Å². The van der Waals surface area contributed by atoms with Crippen molar-refractivity contribution in [2.24, 2.45) is 5.73 Å². The predicted molar refractivity (Wildman–Crippen MR) is 62.1 cm³/mol. The first-order valence-corrected chi connectivity index (χ1v) is 5.62. The fourth-order valence-electron chi connectivity index (χ4n) is 1.35. The Bertz CT molecular complexity index is 278. The minimum atomic E-state index is -0.0675. The van der Waals surface area contributed by atoms with E-state index in [0.717, 1.165) is 23.7 Å². The number of hydrogen-bond donors (Lipinski definition) is 2. The zero-order valence-corrected chi connectivity index (χ0v) is 9.70. The summed E-state index contributed by atoms with van der Waals surface area (Å²) in [5, 5.41) is 8.74. The van der Waals surface area contributed by atoms with Crippen molar-refractivity contribution in [3.8, 4) is 0 Å². The Morgan fingerprint density at radius 1 is 1.43 bits per heavy atom. The molecule has 1 aromatic rings. The van der Waals surface area contributed by atoms with Gasteiger partial charge in [0.1, 0.15) is 0 Å². The van der Waals surface area contributed by atoms with Gasteiger partial charge in [-0.1, -0.05) is 28.1 Å². The Kier molecular flexibility index (Phi) is 5.15. The van der Waals surface area contributed by atoms with Gasteiger partial charge in [0.25, 0.3) is 0 Å². The average Bonchev–Trinajstić information content (AvgIpc) is 2.17. The highest BCUT2D eigenvalue weighted by molar-refractivity contribution is 9.10. The van der Waals surface area contributed by atoms with Crippen molar-refractivity contribution in [1.29, 1.82) is 0 Å². The van der Waals surface area contributed by atoms with Crippen molar-refractivity contribution in [2.75, 3.05) is 6.61 Å². The third-order valence-electron chi connectivity index (χ3n) is 2.16. The molecule has 78 valence electrons. The van der Waals surface area contributed by atoms with Gasteiger partial charge in [-0.2, -0.15) is 0 Å². The van der Waals surface area contributed by atoms with E-state index in [1.807, 2.05) is 12.1 Å². The Hall–Kier alpha value is -0.380. The van der Waals surface area contributed by atoms with Gasteiger partial charge in [0, 0.05) is 10.5 Å². The first-order chi connectivity index (χ1) is 6.72. The second-order valence-electron chi connectivity index (χ2n) is 3.46. The number of aryl methyl sites for hydroxylation is 1. The van der Waals surface area contributed by atoms with E-state index in [0.29, 0.717) is 0 Å². The average molecular weight is 258 g/mol. The van der Waals surface area contributed by atoms with Crippen LogP contribution in [-0.4, -0.2) is 17.8 Å². The molecule has 0 bridgehead atoms. The number of aliphatic hydroxyl groups is 1. The van der Waals surface area contributed by atoms with Gasteiger partial charge in [0.05, 0.1) is 6.61 Å². The molecule has 0 saturated carbocycles. The van der Waals surface area contributed by atoms with E-state index in [-0.39, 0.29) is 12.6 Å². The summed E-state index contributed by atoms with van der Waals surface area (Å²) in [7, 11) is 0. The van der Waals surface area contributed by atoms with Gasteiger partial charge in [-0.3, -0.25) is 0 Å². The zero-order valence-electron chi connectivity index (χ0n) is 8.12. The van der Waals surface area contributed by atoms with E-state index >= 15 is 0 Å². The topological polar surface area (TPSA) is 46.2 Å². The van der Waals surface area contributed by atoms with Crippen LogP contribution >= 0.6 is 15.9 Å². The molecular formula is C11H16BrNO. The second kappa shape index (κ2) is 6.17. The maximum Gasteiger partial charge on any atom is 0.0582 e. The Morgan fingerprint density at radius 3 is 2.86 bits per heavy atom. The van der Waals surface area contributed by atoms with E-state index in [1.54, 1.807) is 0 Å². The van der Waals surface area contributed by atoms with Crippen LogP contribution in [0.15, 0.2) is 28.7 Å². The Balaban J connectivity index is 2.31. The molecule has 2 nitrogen and oxygen atoms in total. The van der Waals surface area contributed by atoms with Crippen LogP contribution in [0.25, 0.3) is 0 Å². The van der Waals surface area contributed by atoms with E-state index in [4.69, 9.17) is 10.8 Å². The highest BCUT2D eigenvalue weighted by Gasteiger charge is 2.00. The maximum atomic E-state index is 8.74. The first-order valence-electron chi connectivity index (χ1n) is 4.83. The van der Waals surface area contributed by atoms with Gasteiger partial charge in [-0.25, -0.2) is 0 Å². The lowest BCUT2D eigenvalue weighted by Crippen LogP contribution is -2.24. The minimum absolute atomic E-state index is 0.0675. The molecule has 0 aliphatic heterocycles. The van der Waals surface area contributed by atoms with Crippen molar-refractivity contribution in [3.05, 3.63) is 34.3 Å². The molecule has 0 saturated heterocycles. The van der Waals surface area contributed by atoms with Gasteiger partial charge in [-0.15, -0.1) is 0 Å². The number of halogens is 1. The molecular weight excluding hydrogens is 242 g/mol. The SMILES string of the molecule is NC(CO)CCCc1cccc(Br)c1. The van der Waals surface area contributed by atoms with Crippen LogP contribution in [0.1, 0.15) is 18.4 Å². The van der Waals surface area contributed by atoms with Gasteiger partial charge < -0.3 is 10.8 Å². The molecule has 0 heterocycles. The van der Waals surface area contributed by atoms with Crippen molar-refractivity contribution in [3.63, 3.8) is 0 Å². The summed E-state index contributed by atoms with van der Waals surface area (Å²) in [6.07, 6.45) is 2.92. The summed E-state index contributed by atoms with van der Waals surface area (Å²) in [5.41, 5.74) is 6.92. The summed E-state index contributed by atoms with van der Waals surface area (Å²) in [6.45, 7) is 0.0818. The summed E-state index contributed by atoms with van der Waals surface area (Å²) < 4.78 is 1.11. The van der Waals surface area contributed by atoms with Crippen molar-refractivity contribution in [2.45, 2.75) is 25.3 Å². The molecule has 0 fully saturated rings. The normalized spacial score (nSPS) is 12.8. The summed E-state index contributed by atoms with van der Waals surface area (Å²) in [6, 6.07) is 8.20. The molecule has 1 atom stereocenters. The Morgan fingerprint density at radius 2 is 2.21 bits per heavy atom. The van der Waals surface area contributed by atoms with Crippen molar-refractivity contribution in [1.82, 2.24) is 0 Å². The molecule has 0 aliphatic carbocycles. The Labute approximate surface area is 93.3 Å². The number of rotatable bonds is 5. The van der Waals surface area contributed by atoms with Crippen molar-refractivity contribution >= 4 is 15.9 Å². The molecule has 0 radical (unpaired) electrons. The standard InChI is InChI=1S/C11H16BrNO/c12-10-5-1-3-9(7-10)4-2-6-11(13)8-14/h1,3,5,7,11,14H,2,4,6,8,13H2. The largest absolute Gasteiger partial charge is 0.395 e. The summed E-state index contributed by atoms with van der Waals surface area (Å²) in [4.78, 5) is 0. The molecule has 3 N–H and O–H groups in total. The van der Waals surface area contributed by atoms with E-state index in [2.05, 4.69) is 28.1 Å². The lowest BCUT2D eigenvalue weighted by molar-refractivity contribution is 0.258. The maximum absolute atomic E-state index is 8.74. The lowest BCUT2D eigenvalue weighted by atomic mass is 10.1. The zero-order chi connectivity index (χ0) is 10.4. The van der Waals surface area contributed by atoms with Gasteiger partial charge in [0.15, 0.2) is 0 Å². The summed E-state index contributed by atoms with van der Waals surface area (Å²) in [5.74, 6) is 0. The number of benzene rings is 1. The molecule has 0 amide bonds. The number of hydrogen-bond acceptors (Lipinski definition) is 2. The quantitative estimate of drug-likeness (QED) is 0.849. The molecule has 1 rings (SSSR count). The third kappa shape index (κ3) is 4.22. The van der Waals surface area contributed by atoms with Crippen LogP contribution in [-0.2, 0) is 6.42 Å². The van der Waals surface area contributed by atoms with Crippen molar-refractivity contribution < 1.29 is 5.11 Å². The van der Waals surface area contributed by atoms with E-state index in [9.17, 15) is 0 Å². The number of aliphatic hydroxyl groups excluding tert-OH is 1. The van der Waals surface area contributed by atoms with Gasteiger partial charge in [-0.05, 0) is 37.0 Å². The molecule has 1 aromatic carbocycles. The fraction of sp³-hybridized carbons (Fsp3) is 0.455. The molecule has 0 aromatic heterocycles. The molecule has 14 heavy (non-hydrogen) atoms. The second-order valence-corrected chi connectivity index (χ2v) is 4.38. The third-order valence-corrected chi connectivity index (χ3v) is 2.66. The van der Waals surface area contributed by atoms with Crippen LogP contribution in [0, 0.1) is 0 Å².